The lowest BCUT2D eigenvalue weighted by atomic mass is 10.1. The van der Waals surface area contributed by atoms with E-state index in [1.165, 1.54) is 6.42 Å². The zero-order valence-electron chi connectivity index (χ0n) is 14.3. The number of aliphatic hydroxyl groups is 1. The van der Waals surface area contributed by atoms with Crippen LogP contribution >= 0.6 is 0 Å². The van der Waals surface area contributed by atoms with Crippen LogP contribution in [0.4, 0.5) is 5.69 Å². The lowest BCUT2D eigenvalue weighted by molar-refractivity contribution is -0.126. The van der Waals surface area contributed by atoms with Crippen LogP contribution < -0.4 is 14.4 Å². The van der Waals surface area contributed by atoms with Gasteiger partial charge >= 0.3 is 0 Å². The Hall–Kier alpha value is -1.75. The molecule has 1 atom stereocenters. The molecule has 5 heteroatoms. The highest BCUT2D eigenvalue weighted by Gasteiger charge is 2.35. The van der Waals surface area contributed by atoms with Gasteiger partial charge in [-0.15, -0.1) is 0 Å². The number of amides is 1. The van der Waals surface area contributed by atoms with Crippen LogP contribution in [0.5, 0.6) is 11.5 Å². The molecule has 1 amide bonds. The third kappa shape index (κ3) is 3.78. The molecule has 0 bridgehead atoms. The molecular formula is C18H27NO4. The number of hydrogen-bond acceptors (Lipinski definition) is 4. The normalized spacial score (nSPS) is 17.0. The maximum atomic E-state index is 12.7. The summed E-state index contributed by atoms with van der Waals surface area (Å²) < 4.78 is 11.3. The number of methoxy groups -OCH3 is 1. The average Bonchev–Trinajstić information content (AvgIpc) is 2.58. The van der Waals surface area contributed by atoms with Crippen LogP contribution in [0.2, 0.25) is 0 Å². The van der Waals surface area contributed by atoms with Gasteiger partial charge in [-0.05, 0) is 30.5 Å². The molecular weight excluding hydrogens is 294 g/mol. The van der Waals surface area contributed by atoms with Crippen LogP contribution in [0.1, 0.15) is 51.5 Å². The van der Waals surface area contributed by atoms with Crippen molar-refractivity contribution >= 4 is 11.6 Å². The third-order valence-corrected chi connectivity index (χ3v) is 4.20. The summed E-state index contributed by atoms with van der Waals surface area (Å²) in [7, 11) is 1.57. The van der Waals surface area contributed by atoms with E-state index in [9.17, 15) is 9.90 Å². The van der Waals surface area contributed by atoms with E-state index >= 15 is 0 Å². The zero-order valence-corrected chi connectivity index (χ0v) is 14.3. The number of fused-ring (bicyclic) bond motifs is 1. The van der Waals surface area contributed by atoms with Crippen LogP contribution in [0, 0.1) is 0 Å². The second kappa shape index (κ2) is 8.20. The Labute approximate surface area is 138 Å². The summed E-state index contributed by atoms with van der Waals surface area (Å²) in [5.41, 5.74) is 1.42. The van der Waals surface area contributed by atoms with Gasteiger partial charge in [-0.1, -0.05) is 33.1 Å². The minimum atomic E-state index is -0.470. The number of ether oxygens (including phenoxy) is 2. The predicted molar refractivity (Wildman–Crippen MR) is 90.1 cm³/mol. The zero-order chi connectivity index (χ0) is 16.8. The Morgan fingerprint density at radius 3 is 2.65 bits per heavy atom. The van der Waals surface area contributed by atoms with Crippen molar-refractivity contribution in [3.05, 3.63) is 17.7 Å². The first-order chi connectivity index (χ1) is 11.2. The number of rotatable bonds is 8. The molecule has 128 valence electrons. The Morgan fingerprint density at radius 1 is 1.26 bits per heavy atom. The van der Waals surface area contributed by atoms with Gasteiger partial charge in [0.25, 0.3) is 5.91 Å². The minimum absolute atomic E-state index is 0.00589. The molecule has 2 rings (SSSR count). The highest BCUT2D eigenvalue weighted by Crippen LogP contribution is 2.43. The molecule has 0 aromatic heterocycles. The van der Waals surface area contributed by atoms with Gasteiger partial charge in [-0.25, -0.2) is 0 Å². The summed E-state index contributed by atoms with van der Waals surface area (Å²) in [5, 5.41) is 9.46. The van der Waals surface area contributed by atoms with E-state index in [0.29, 0.717) is 35.7 Å². The van der Waals surface area contributed by atoms with Gasteiger partial charge in [0.05, 0.1) is 19.4 Å². The Kier molecular flexibility index (Phi) is 6.28. The van der Waals surface area contributed by atoms with E-state index in [1.807, 2.05) is 13.0 Å². The molecule has 1 aromatic rings. The first-order valence-electron chi connectivity index (χ1n) is 8.46. The highest BCUT2D eigenvalue weighted by molar-refractivity contribution is 6.00. The first kappa shape index (κ1) is 17.6. The van der Waals surface area contributed by atoms with Gasteiger partial charge in [-0.2, -0.15) is 0 Å². The van der Waals surface area contributed by atoms with Gasteiger partial charge in [0.15, 0.2) is 17.6 Å². The lowest BCUT2D eigenvalue weighted by Crippen LogP contribution is -2.46. The van der Waals surface area contributed by atoms with Crippen LogP contribution in [0.15, 0.2) is 12.1 Å². The van der Waals surface area contributed by atoms with Gasteiger partial charge in [-0.3, -0.25) is 4.79 Å². The average molecular weight is 321 g/mol. The standard InChI is InChI=1S/C18H27NO4/c1-4-6-7-8-9-19-14-10-13(12-20)11-16(22-3)17(14)23-15(5-2)18(19)21/h10-11,15,20H,4-9,12H2,1-3H3. The molecule has 0 radical (unpaired) electrons. The van der Waals surface area contributed by atoms with Gasteiger partial charge < -0.3 is 19.5 Å². The van der Waals surface area contributed by atoms with E-state index < -0.39 is 6.10 Å². The van der Waals surface area contributed by atoms with Crippen LogP contribution in [-0.4, -0.2) is 30.8 Å². The van der Waals surface area contributed by atoms with Crippen molar-refractivity contribution in [3.8, 4) is 11.5 Å². The quantitative estimate of drug-likeness (QED) is 0.747. The van der Waals surface area contributed by atoms with Gasteiger partial charge in [0.2, 0.25) is 0 Å². The summed E-state index contributed by atoms with van der Waals surface area (Å²) in [4.78, 5) is 14.5. The maximum absolute atomic E-state index is 12.7. The molecule has 0 saturated heterocycles. The molecule has 1 heterocycles. The SMILES string of the molecule is CCCCCCN1C(=O)C(CC)Oc2c(OC)cc(CO)cc21. The number of benzene rings is 1. The van der Waals surface area contributed by atoms with Crippen molar-refractivity contribution < 1.29 is 19.4 Å². The first-order valence-corrected chi connectivity index (χ1v) is 8.46. The molecule has 0 aliphatic carbocycles. The largest absolute Gasteiger partial charge is 0.493 e. The Morgan fingerprint density at radius 2 is 2.04 bits per heavy atom. The lowest BCUT2D eigenvalue weighted by Gasteiger charge is -2.35. The number of unbranched alkanes of at least 4 members (excludes halogenated alkanes) is 3. The summed E-state index contributed by atoms with van der Waals surface area (Å²) in [6.07, 6.45) is 4.54. The summed E-state index contributed by atoms with van der Waals surface area (Å²) >= 11 is 0. The fourth-order valence-electron chi connectivity index (χ4n) is 2.88. The predicted octanol–water partition coefficient (Wildman–Crippen LogP) is 3.27. The number of nitrogens with zero attached hydrogens (tertiary/aromatic N) is 1. The van der Waals surface area contributed by atoms with Crippen LogP contribution in [0.3, 0.4) is 0 Å². The molecule has 0 saturated carbocycles. The number of anilines is 1. The Bertz CT molecular complexity index is 544. The smallest absolute Gasteiger partial charge is 0.268 e. The van der Waals surface area contributed by atoms with Crippen LogP contribution in [0.25, 0.3) is 0 Å². The molecule has 0 fully saturated rings. The molecule has 5 nitrogen and oxygen atoms in total. The monoisotopic (exact) mass is 321 g/mol. The molecule has 1 aliphatic rings. The van der Waals surface area contributed by atoms with Crippen molar-refractivity contribution in [1.82, 2.24) is 0 Å². The van der Waals surface area contributed by atoms with E-state index in [4.69, 9.17) is 9.47 Å². The summed E-state index contributed by atoms with van der Waals surface area (Å²) in [6, 6.07) is 3.58. The third-order valence-electron chi connectivity index (χ3n) is 4.20. The maximum Gasteiger partial charge on any atom is 0.268 e. The number of carbonyl (C=O) groups excluding carboxylic acids is 1. The van der Waals surface area contributed by atoms with E-state index in [2.05, 4.69) is 6.92 Å². The van der Waals surface area contributed by atoms with Crippen molar-refractivity contribution in [2.75, 3.05) is 18.6 Å². The van der Waals surface area contributed by atoms with Crippen molar-refractivity contribution in [2.24, 2.45) is 0 Å². The summed E-state index contributed by atoms with van der Waals surface area (Å²) in [5.74, 6) is 1.16. The number of hydrogen-bond donors (Lipinski definition) is 1. The number of aliphatic hydroxyl groups excluding tert-OH is 1. The Balaban J connectivity index is 2.35. The van der Waals surface area contributed by atoms with Gasteiger partial charge in [0.1, 0.15) is 0 Å². The van der Waals surface area contributed by atoms with E-state index in [0.717, 1.165) is 19.3 Å². The van der Waals surface area contributed by atoms with Crippen molar-refractivity contribution in [3.63, 3.8) is 0 Å². The highest BCUT2D eigenvalue weighted by atomic mass is 16.5. The molecule has 0 spiro atoms. The van der Waals surface area contributed by atoms with Crippen LogP contribution in [-0.2, 0) is 11.4 Å². The topological polar surface area (TPSA) is 59.0 Å². The molecule has 1 unspecified atom stereocenters. The number of carbonyl (C=O) groups is 1. The fraction of sp³-hybridized carbons (Fsp3) is 0.611. The second-order valence-corrected chi connectivity index (χ2v) is 5.87. The minimum Gasteiger partial charge on any atom is -0.493 e. The molecule has 1 aliphatic heterocycles. The molecule has 23 heavy (non-hydrogen) atoms. The van der Waals surface area contributed by atoms with Crippen molar-refractivity contribution in [2.45, 2.75) is 58.7 Å². The van der Waals surface area contributed by atoms with Gasteiger partial charge in [0, 0.05) is 6.54 Å². The molecule has 1 N–H and O–H groups in total. The fourth-order valence-corrected chi connectivity index (χ4v) is 2.88. The van der Waals surface area contributed by atoms with E-state index in [-0.39, 0.29) is 12.5 Å². The van der Waals surface area contributed by atoms with E-state index in [1.54, 1.807) is 18.1 Å². The van der Waals surface area contributed by atoms with Crippen molar-refractivity contribution in [1.29, 1.82) is 0 Å². The summed E-state index contributed by atoms with van der Waals surface area (Å²) in [6.45, 7) is 4.68. The second-order valence-electron chi connectivity index (χ2n) is 5.87. The molecule has 1 aromatic carbocycles.